The molecule has 1 fully saturated rings. The summed E-state index contributed by atoms with van der Waals surface area (Å²) in [6, 6.07) is 8.67. The van der Waals surface area contributed by atoms with E-state index in [4.69, 9.17) is 4.74 Å². The molecule has 0 saturated heterocycles. The van der Waals surface area contributed by atoms with E-state index in [1.54, 1.807) is 0 Å². The summed E-state index contributed by atoms with van der Waals surface area (Å²) in [5.41, 5.74) is 2.38. The van der Waals surface area contributed by atoms with Gasteiger partial charge in [-0.15, -0.1) is 0 Å². The highest BCUT2D eigenvalue weighted by atomic mass is 16.5. The minimum Gasteiger partial charge on any atom is -0.377 e. The van der Waals surface area contributed by atoms with E-state index in [2.05, 4.69) is 17.4 Å². The van der Waals surface area contributed by atoms with Gasteiger partial charge < -0.3 is 15.0 Å². The van der Waals surface area contributed by atoms with Crippen molar-refractivity contribution in [3.8, 4) is 0 Å². The summed E-state index contributed by atoms with van der Waals surface area (Å²) in [5, 5.41) is 3.24. The van der Waals surface area contributed by atoms with Gasteiger partial charge in [0.25, 0.3) is 0 Å². The molecular formula is C16H24N2O2. The van der Waals surface area contributed by atoms with Crippen LogP contribution >= 0.6 is 0 Å². The zero-order valence-electron chi connectivity index (χ0n) is 12.4. The maximum atomic E-state index is 11.9. The number of hydrogen-bond acceptors (Lipinski definition) is 3. The number of carbonyl (C=O) groups is 1. The average Bonchev–Trinajstić information content (AvgIpc) is 3.30. The van der Waals surface area contributed by atoms with E-state index in [0.29, 0.717) is 32.3 Å². The topological polar surface area (TPSA) is 41.6 Å². The number of hydrogen-bond donors (Lipinski definition) is 1. The standard InChI is InChI=1S/C16H24N2O2/c1-3-20-12-14-7-5-4-6-13(14)10-17-11-16(19)18(2)15-8-9-15/h4-7,15,17H,3,8-12H2,1-2H3. The second-order valence-electron chi connectivity index (χ2n) is 5.25. The summed E-state index contributed by atoms with van der Waals surface area (Å²) < 4.78 is 5.46. The Hall–Kier alpha value is -1.39. The summed E-state index contributed by atoms with van der Waals surface area (Å²) in [7, 11) is 1.89. The van der Waals surface area contributed by atoms with Crippen LogP contribution in [0.1, 0.15) is 30.9 Å². The van der Waals surface area contributed by atoms with Crippen LogP contribution in [0.25, 0.3) is 0 Å². The molecule has 1 saturated carbocycles. The highest BCUT2D eigenvalue weighted by molar-refractivity contribution is 5.78. The quantitative estimate of drug-likeness (QED) is 0.789. The predicted octanol–water partition coefficient (Wildman–Crippen LogP) is 1.93. The van der Waals surface area contributed by atoms with Crippen LogP contribution in [-0.2, 0) is 22.7 Å². The molecule has 1 aromatic carbocycles. The zero-order chi connectivity index (χ0) is 14.4. The van der Waals surface area contributed by atoms with Crippen LogP contribution in [0, 0.1) is 0 Å². The largest absolute Gasteiger partial charge is 0.377 e. The van der Waals surface area contributed by atoms with E-state index >= 15 is 0 Å². The number of rotatable bonds is 8. The fraction of sp³-hybridized carbons (Fsp3) is 0.562. The number of carbonyl (C=O) groups excluding carboxylic acids is 1. The molecule has 0 spiro atoms. The summed E-state index contributed by atoms with van der Waals surface area (Å²) in [4.78, 5) is 13.8. The first kappa shape index (κ1) is 15.0. The molecule has 0 radical (unpaired) electrons. The molecule has 4 nitrogen and oxygen atoms in total. The average molecular weight is 276 g/mol. The van der Waals surface area contributed by atoms with Gasteiger partial charge in [-0.2, -0.15) is 0 Å². The van der Waals surface area contributed by atoms with Crippen LogP contribution in [0.4, 0.5) is 0 Å². The lowest BCUT2D eigenvalue weighted by molar-refractivity contribution is -0.129. The van der Waals surface area contributed by atoms with Crippen molar-refractivity contribution >= 4 is 5.91 Å². The van der Waals surface area contributed by atoms with Crippen molar-refractivity contribution in [2.24, 2.45) is 0 Å². The fourth-order valence-electron chi connectivity index (χ4n) is 2.18. The molecule has 0 bridgehead atoms. The monoisotopic (exact) mass is 276 g/mol. The predicted molar refractivity (Wildman–Crippen MR) is 79.3 cm³/mol. The van der Waals surface area contributed by atoms with Gasteiger partial charge in [0.05, 0.1) is 13.2 Å². The highest BCUT2D eigenvalue weighted by Crippen LogP contribution is 2.25. The Bertz CT molecular complexity index is 444. The Balaban J connectivity index is 1.79. The number of nitrogens with one attached hydrogen (secondary N) is 1. The van der Waals surface area contributed by atoms with Crippen LogP contribution in [0.15, 0.2) is 24.3 Å². The van der Waals surface area contributed by atoms with Gasteiger partial charge in [0, 0.05) is 26.2 Å². The summed E-state index contributed by atoms with van der Waals surface area (Å²) in [6.07, 6.45) is 2.30. The molecular weight excluding hydrogens is 252 g/mol. The van der Waals surface area contributed by atoms with Crippen molar-refractivity contribution in [1.82, 2.24) is 10.2 Å². The molecule has 4 heteroatoms. The van der Waals surface area contributed by atoms with E-state index in [9.17, 15) is 4.79 Å². The summed E-state index contributed by atoms with van der Waals surface area (Å²) in [5.74, 6) is 0.176. The molecule has 1 aromatic rings. The lowest BCUT2D eigenvalue weighted by atomic mass is 10.1. The lowest BCUT2D eigenvalue weighted by Gasteiger charge is -2.17. The Morgan fingerprint density at radius 2 is 2.05 bits per heavy atom. The van der Waals surface area contributed by atoms with E-state index < -0.39 is 0 Å². The summed E-state index contributed by atoms with van der Waals surface area (Å²) in [6.45, 7) is 4.44. The maximum absolute atomic E-state index is 11.9. The molecule has 0 heterocycles. The van der Waals surface area contributed by atoms with Gasteiger partial charge in [-0.3, -0.25) is 4.79 Å². The van der Waals surface area contributed by atoms with E-state index in [-0.39, 0.29) is 5.91 Å². The minimum atomic E-state index is 0.176. The third-order valence-corrected chi connectivity index (χ3v) is 3.66. The normalized spacial score (nSPS) is 14.3. The number of benzene rings is 1. The van der Waals surface area contributed by atoms with Crippen LogP contribution < -0.4 is 5.32 Å². The lowest BCUT2D eigenvalue weighted by Crippen LogP contribution is -2.36. The van der Waals surface area contributed by atoms with Crippen molar-refractivity contribution in [1.29, 1.82) is 0 Å². The third kappa shape index (κ3) is 4.32. The molecule has 0 aromatic heterocycles. The first-order valence-electron chi connectivity index (χ1n) is 7.33. The second kappa shape index (κ2) is 7.41. The number of ether oxygens (including phenoxy) is 1. The van der Waals surface area contributed by atoms with Crippen LogP contribution in [0.2, 0.25) is 0 Å². The van der Waals surface area contributed by atoms with Gasteiger partial charge in [0.2, 0.25) is 5.91 Å². The van der Waals surface area contributed by atoms with Gasteiger partial charge in [-0.1, -0.05) is 24.3 Å². The molecule has 1 aliphatic carbocycles. The van der Waals surface area contributed by atoms with Crippen molar-refractivity contribution in [2.45, 2.75) is 39.0 Å². The van der Waals surface area contributed by atoms with Gasteiger partial charge in [-0.25, -0.2) is 0 Å². The van der Waals surface area contributed by atoms with Crippen molar-refractivity contribution in [3.05, 3.63) is 35.4 Å². The van der Waals surface area contributed by atoms with E-state index in [1.807, 2.05) is 31.0 Å². The number of likely N-dealkylation sites (N-methyl/N-ethyl adjacent to an activating group) is 1. The molecule has 2 rings (SSSR count). The van der Waals surface area contributed by atoms with Crippen LogP contribution in [0.5, 0.6) is 0 Å². The van der Waals surface area contributed by atoms with Gasteiger partial charge in [0.1, 0.15) is 0 Å². The van der Waals surface area contributed by atoms with Crippen LogP contribution in [0.3, 0.4) is 0 Å². The third-order valence-electron chi connectivity index (χ3n) is 3.66. The first-order chi connectivity index (χ1) is 9.72. The SMILES string of the molecule is CCOCc1ccccc1CNCC(=O)N(C)C1CC1. The molecule has 0 aliphatic heterocycles. The molecule has 20 heavy (non-hydrogen) atoms. The maximum Gasteiger partial charge on any atom is 0.236 e. The Kier molecular flexibility index (Phi) is 5.56. The Labute approximate surface area is 121 Å². The fourth-order valence-corrected chi connectivity index (χ4v) is 2.18. The Morgan fingerprint density at radius 3 is 2.70 bits per heavy atom. The zero-order valence-corrected chi connectivity index (χ0v) is 12.4. The van der Waals surface area contributed by atoms with E-state index in [1.165, 1.54) is 11.1 Å². The molecule has 110 valence electrons. The summed E-state index contributed by atoms with van der Waals surface area (Å²) >= 11 is 0. The second-order valence-corrected chi connectivity index (χ2v) is 5.25. The van der Waals surface area contributed by atoms with Crippen molar-refractivity contribution in [3.63, 3.8) is 0 Å². The minimum absolute atomic E-state index is 0.176. The molecule has 1 aliphatic rings. The number of nitrogens with zero attached hydrogens (tertiary/aromatic N) is 1. The highest BCUT2D eigenvalue weighted by Gasteiger charge is 2.28. The van der Waals surface area contributed by atoms with Crippen LogP contribution in [-0.4, -0.2) is 37.0 Å². The molecule has 1 amide bonds. The first-order valence-corrected chi connectivity index (χ1v) is 7.33. The smallest absolute Gasteiger partial charge is 0.236 e. The molecule has 1 N–H and O–H groups in total. The van der Waals surface area contributed by atoms with Gasteiger partial charge >= 0.3 is 0 Å². The Morgan fingerprint density at radius 1 is 1.35 bits per heavy atom. The molecule has 0 unspecified atom stereocenters. The molecule has 0 atom stereocenters. The van der Waals surface area contributed by atoms with Gasteiger partial charge in [-0.05, 0) is 30.9 Å². The van der Waals surface area contributed by atoms with Crippen molar-refractivity contribution in [2.75, 3.05) is 20.2 Å². The number of amides is 1. The van der Waals surface area contributed by atoms with E-state index in [0.717, 1.165) is 12.8 Å². The van der Waals surface area contributed by atoms with Gasteiger partial charge in [0.15, 0.2) is 0 Å². The van der Waals surface area contributed by atoms with Crippen molar-refractivity contribution < 1.29 is 9.53 Å².